The van der Waals surface area contributed by atoms with Gasteiger partial charge in [-0.1, -0.05) is 25.4 Å². The minimum absolute atomic E-state index is 0.0825. The average Bonchev–Trinajstić information content (AvgIpc) is 2.35. The van der Waals surface area contributed by atoms with Crippen molar-refractivity contribution in [2.45, 2.75) is 20.3 Å². The van der Waals surface area contributed by atoms with E-state index >= 15 is 0 Å². The highest BCUT2D eigenvalue weighted by molar-refractivity contribution is 6.30. The largest absolute Gasteiger partial charge is 0.494 e. The predicted octanol–water partition coefficient (Wildman–Crippen LogP) is 3.15. The molecule has 0 aliphatic rings. The summed E-state index contributed by atoms with van der Waals surface area (Å²) in [6.07, 6.45) is 0.794. The van der Waals surface area contributed by atoms with Gasteiger partial charge in [-0.3, -0.25) is 9.69 Å². The van der Waals surface area contributed by atoms with Crippen molar-refractivity contribution in [2.75, 3.05) is 26.2 Å². The van der Waals surface area contributed by atoms with Crippen molar-refractivity contribution in [3.8, 4) is 5.75 Å². The Kier molecular flexibility index (Phi) is 7.41. The number of rotatable bonds is 9. The summed E-state index contributed by atoms with van der Waals surface area (Å²) in [5.74, 6) is 0.443. The number of ether oxygens (including phenoxy) is 1. The number of halogens is 1. The first kappa shape index (κ1) is 16.8. The first-order valence-electron chi connectivity index (χ1n) is 6.80. The first-order valence-corrected chi connectivity index (χ1v) is 7.17. The van der Waals surface area contributed by atoms with Crippen LogP contribution in [0.5, 0.6) is 5.75 Å². The maximum atomic E-state index is 10.8. The summed E-state index contributed by atoms with van der Waals surface area (Å²) in [4.78, 5) is 12.7. The van der Waals surface area contributed by atoms with Gasteiger partial charge < -0.3 is 9.84 Å². The highest BCUT2D eigenvalue weighted by atomic mass is 35.5. The number of carbonyl (C=O) groups is 1. The molecule has 1 aromatic carbocycles. The Balaban J connectivity index is 2.29. The van der Waals surface area contributed by atoms with Gasteiger partial charge in [-0.05, 0) is 36.6 Å². The summed E-state index contributed by atoms with van der Waals surface area (Å²) < 4.78 is 5.59. The van der Waals surface area contributed by atoms with Crippen LogP contribution in [0.2, 0.25) is 5.02 Å². The third kappa shape index (κ3) is 7.36. The SMILES string of the molecule is CC(C)CN(CCCOc1ccc(Cl)cc1)CC(=O)O. The number of carboxylic acids is 1. The second-order valence-electron chi connectivity index (χ2n) is 5.18. The predicted molar refractivity (Wildman–Crippen MR) is 80.5 cm³/mol. The highest BCUT2D eigenvalue weighted by Crippen LogP contribution is 2.15. The van der Waals surface area contributed by atoms with Gasteiger partial charge in [0.25, 0.3) is 0 Å². The number of carboxylic acid groups (broad SMARTS) is 1. The smallest absolute Gasteiger partial charge is 0.317 e. The molecule has 4 nitrogen and oxygen atoms in total. The van der Waals surface area contributed by atoms with Gasteiger partial charge in [0.2, 0.25) is 0 Å². The molecule has 0 bridgehead atoms. The van der Waals surface area contributed by atoms with E-state index < -0.39 is 5.97 Å². The van der Waals surface area contributed by atoms with Crippen LogP contribution in [0, 0.1) is 5.92 Å². The van der Waals surface area contributed by atoms with E-state index in [1.165, 1.54) is 0 Å². The molecule has 5 heteroatoms. The van der Waals surface area contributed by atoms with Crippen LogP contribution in [0.4, 0.5) is 0 Å². The van der Waals surface area contributed by atoms with E-state index in [1.807, 2.05) is 17.0 Å². The topological polar surface area (TPSA) is 49.8 Å². The molecule has 0 amide bonds. The number of nitrogens with zero attached hydrogens (tertiary/aromatic N) is 1. The van der Waals surface area contributed by atoms with E-state index in [9.17, 15) is 4.79 Å². The summed E-state index contributed by atoms with van der Waals surface area (Å²) in [5, 5.41) is 9.55. The Morgan fingerprint density at radius 3 is 2.55 bits per heavy atom. The molecule has 1 N–H and O–H groups in total. The summed E-state index contributed by atoms with van der Waals surface area (Å²) in [6, 6.07) is 7.22. The monoisotopic (exact) mass is 299 g/mol. The lowest BCUT2D eigenvalue weighted by Gasteiger charge is -2.22. The van der Waals surface area contributed by atoms with Crippen LogP contribution < -0.4 is 4.74 Å². The molecule has 0 atom stereocenters. The molecular weight excluding hydrogens is 278 g/mol. The fourth-order valence-corrected chi connectivity index (χ4v) is 2.08. The van der Waals surface area contributed by atoms with Crippen LogP contribution in [0.25, 0.3) is 0 Å². The van der Waals surface area contributed by atoms with Crippen molar-refractivity contribution in [2.24, 2.45) is 5.92 Å². The molecule has 0 saturated heterocycles. The van der Waals surface area contributed by atoms with E-state index in [-0.39, 0.29) is 6.54 Å². The van der Waals surface area contributed by atoms with E-state index in [0.29, 0.717) is 17.5 Å². The summed E-state index contributed by atoms with van der Waals surface area (Å²) in [5.41, 5.74) is 0. The number of aliphatic carboxylic acids is 1. The van der Waals surface area contributed by atoms with E-state index in [4.69, 9.17) is 21.4 Å². The van der Waals surface area contributed by atoms with Crippen molar-refractivity contribution in [3.63, 3.8) is 0 Å². The molecule has 0 saturated carbocycles. The fourth-order valence-electron chi connectivity index (χ4n) is 1.95. The zero-order valence-electron chi connectivity index (χ0n) is 12.0. The van der Waals surface area contributed by atoms with Crippen LogP contribution >= 0.6 is 11.6 Å². The molecular formula is C15H22ClNO3. The first-order chi connectivity index (χ1) is 9.47. The van der Waals surface area contributed by atoms with E-state index in [1.54, 1.807) is 12.1 Å². The minimum atomic E-state index is -0.788. The molecule has 0 aromatic heterocycles. The van der Waals surface area contributed by atoms with Gasteiger partial charge in [0, 0.05) is 18.1 Å². The molecule has 0 heterocycles. The third-order valence-electron chi connectivity index (χ3n) is 2.68. The zero-order valence-corrected chi connectivity index (χ0v) is 12.8. The average molecular weight is 300 g/mol. The molecule has 1 aromatic rings. The Morgan fingerprint density at radius 1 is 1.35 bits per heavy atom. The van der Waals surface area contributed by atoms with Gasteiger partial charge in [0.15, 0.2) is 0 Å². The lowest BCUT2D eigenvalue weighted by atomic mass is 10.2. The maximum absolute atomic E-state index is 10.8. The quantitative estimate of drug-likeness (QED) is 0.712. The normalized spacial score (nSPS) is 11.1. The second-order valence-corrected chi connectivity index (χ2v) is 5.62. The van der Waals surface area contributed by atoms with Crippen LogP contribution in [0.1, 0.15) is 20.3 Å². The van der Waals surface area contributed by atoms with Crippen LogP contribution in [0.3, 0.4) is 0 Å². The molecule has 1 rings (SSSR count). The van der Waals surface area contributed by atoms with Crippen molar-refractivity contribution in [1.82, 2.24) is 4.90 Å². The molecule has 0 aliphatic carbocycles. The standard InChI is InChI=1S/C15H22ClNO3/c1-12(2)10-17(11-15(18)19)8-3-9-20-14-6-4-13(16)5-7-14/h4-7,12H,3,8-11H2,1-2H3,(H,18,19). The van der Waals surface area contributed by atoms with E-state index in [0.717, 1.165) is 25.3 Å². The van der Waals surface area contributed by atoms with Crippen molar-refractivity contribution in [3.05, 3.63) is 29.3 Å². The maximum Gasteiger partial charge on any atom is 0.317 e. The minimum Gasteiger partial charge on any atom is -0.494 e. The van der Waals surface area contributed by atoms with Gasteiger partial charge in [-0.25, -0.2) is 0 Å². The Hall–Kier alpha value is -1.26. The third-order valence-corrected chi connectivity index (χ3v) is 2.94. The van der Waals surface area contributed by atoms with Gasteiger partial charge in [-0.2, -0.15) is 0 Å². The molecule has 0 aliphatic heterocycles. The van der Waals surface area contributed by atoms with Crippen molar-refractivity contribution >= 4 is 17.6 Å². The van der Waals surface area contributed by atoms with Gasteiger partial charge in [0.05, 0.1) is 13.2 Å². The van der Waals surface area contributed by atoms with Gasteiger partial charge >= 0.3 is 5.97 Å². The number of hydrogen-bond donors (Lipinski definition) is 1. The molecule has 0 unspecified atom stereocenters. The van der Waals surface area contributed by atoms with E-state index in [2.05, 4.69) is 13.8 Å². The zero-order chi connectivity index (χ0) is 15.0. The van der Waals surface area contributed by atoms with Crippen LogP contribution in [0.15, 0.2) is 24.3 Å². The van der Waals surface area contributed by atoms with Crippen molar-refractivity contribution in [1.29, 1.82) is 0 Å². The second kappa shape index (κ2) is 8.82. The molecule has 112 valence electrons. The Bertz CT molecular complexity index is 406. The Morgan fingerprint density at radius 2 is 2.00 bits per heavy atom. The van der Waals surface area contributed by atoms with Gasteiger partial charge in [0.1, 0.15) is 5.75 Å². The molecule has 20 heavy (non-hydrogen) atoms. The van der Waals surface area contributed by atoms with Crippen molar-refractivity contribution < 1.29 is 14.6 Å². The summed E-state index contributed by atoms with van der Waals surface area (Å²) in [7, 11) is 0. The molecule has 0 fully saturated rings. The van der Waals surface area contributed by atoms with Crippen LogP contribution in [-0.2, 0) is 4.79 Å². The lowest BCUT2D eigenvalue weighted by molar-refractivity contribution is -0.138. The highest BCUT2D eigenvalue weighted by Gasteiger charge is 2.10. The summed E-state index contributed by atoms with van der Waals surface area (Å²) >= 11 is 5.79. The Labute approximate surface area is 125 Å². The lowest BCUT2D eigenvalue weighted by Crippen LogP contribution is -2.34. The number of benzene rings is 1. The molecule has 0 radical (unpaired) electrons. The molecule has 0 spiro atoms. The number of hydrogen-bond acceptors (Lipinski definition) is 3. The van der Waals surface area contributed by atoms with Crippen LogP contribution in [-0.4, -0.2) is 42.2 Å². The fraction of sp³-hybridized carbons (Fsp3) is 0.533. The van der Waals surface area contributed by atoms with Gasteiger partial charge in [-0.15, -0.1) is 0 Å². The summed E-state index contributed by atoms with van der Waals surface area (Å²) in [6.45, 7) is 6.32.